The van der Waals surface area contributed by atoms with E-state index in [9.17, 15) is 4.79 Å². The SMILES string of the molecule is NC(=O)c1cccc(Cc2ccsc2)c1. The Morgan fingerprint density at radius 2 is 2.13 bits per heavy atom. The van der Waals surface area contributed by atoms with Gasteiger partial charge in [0.15, 0.2) is 0 Å². The second-order valence-electron chi connectivity index (χ2n) is 3.37. The molecule has 3 heteroatoms. The zero-order chi connectivity index (χ0) is 10.7. The first-order valence-electron chi connectivity index (χ1n) is 4.65. The molecular weight excluding hydrogens is 206 g/mol. The van der Waals surface area contributed by atoms with Crippen LogP contribution in [0.5, 0.6) is 0 Å². The minimum atomic E-state index is -0.373. The van der Waals surface area contributed by atoms with Crippen molar-refractivity contribution in [1.29, 1.82) is 0 Å². The molecule has 0 bridgehead atoms. The highest BCUT2D eigenvalue weighted by atomic mass is 32.1. The van der Waals surface area contributed by atoms with Crippen molar-refractivity contribution in [2.24, 2.45) is 5.73 Å². The van der Waals surface area contributed by atoms with Crippen molar-refractivity contribution in [2.75, 3.05) is 0 Å². The molecule has 1 aromatic heterocycles. The highest BCUT2D eigenvalue weighted by molar-refractivity contribution is 7.07. The number of hydrogen-bond donors (Lipinski definition) is 1. The molecule has 2 aromatic rings. The van der Waals surface area contributed by atoms with Gasteiger partial charge in [-0.3, -0.25) is 4.79 Å². The third kappa shape index (κ3) is 2.44. The largest absolute Gasteiger partial charge is 0.366 e. The number of carbonyl (C=O) groups is 1. The highest BCUT2D eigenvalue weighted by Crippen LogP contribution is 2.13. The molecule has 0 saturated carbocycles. The van der Waals surface area contributed by atoms with Gasteiger partial charge >= 0.3 is 0 Å². The number of benzene rings is 1. The smallest absolute Gasteiger partial charge is 0.248 e. The normalized spacial score (nSPS) is 10.1. The lowest BCUT2D eigenvalue weighted by molar-refractivity contribution is 0.1000. The summed E-state index contributed by atoms with van der Waals surface area (Å²) in [5.41, 5.74) is 8.17. The van der Waals surface area contributed by atoms with E-state index in [0.717, 1.165) is 12.0 Å². The summed E-state index contributed by atoms with van der Waals surface area (Å²) < 4.78 is 0. The second kappa shape index (κ2) is 4.28. The number of amides is 1. The summed E-state index contributed by atoms with van der Waals surface area (Å²) in [6.07, 6.45) is 0.852. The molecule has 1 heterocycles. The lowest BCUT2D eigenvalue weighted by atomic mass is 10.0. The Morgan fingerprint density at radius 3 is 2.80 bits per heavy atom. The van der Waals surface area contributed by atoms with Gasteiger partial charge in [-0.05, 0) is 46.5 Å². The standard InChI is InChI=1S/C12H11NOS/c13-12(14)11-3-1-2-9(7-11)6-10-4-5-15-8-10/h1-5,7-8H,6H2,(H2,13,14). The minimum Gasteiger partial charge on any atom is -0.366 e. The molecular formula is C12H11NOS. The average Bonchev–Trinajstić information content (AvgIpc) is 2.71. The quantitative estimate of drug-likeness (QED) is 0.843. The van der Waals surface area contributed by atoms with Crippen LogP contribution >= 0.6 is 11.3 Å². The summed E-state index contributed by atoms with van der Waals surface area (Å²) in [4.78, 5) is 11.0. The van der Waals surface area contributed by atoms with Gasteiger partial charge in [-0.2, -0.15) is 11.3 Å². The first-order valence-corrected chi connectivity index (χ1v) is 5.60. The van der Waals surface area contributed by atoms with Crippen LogP contribution in [-0.4, -0.2) is 5.91 Å². The fourth-order valence-corrected chi connectivity index (χ4v) is 2.13. The van der Waals surface area contributed by atoms with E-state index < -0.39 is 0 Å². The maximum absolute atomic E-state index is 11.0. The van der Waals surface area contributed by atoms with Gasteiger partial charge in [-0.25, -0.2) is 0 Å². The molecule has 0 aliphatic heterocycles. The number of nitrogens with two attached hydrogens (primary N) is 1. The summed E-state index contributed by atoms with van der Waals surface area (Å²) in [7, 11) is 0. The van der Waals surface area contributed by atoms with E-state index >= 15 is 0 Å². The van der Waals surface area contributed by atoms with E-state index in [-0.39, 0.29) is 5.91 Å². The van der Waals surface area contributed by atoms with Crippen molar-refractivity contribution < 1.29 is 4.79 Å². The number of rotatable bonds is 3. The number of thiophene rings is 1. The predicted octanol–water partition coefficient (Wildman–Crippen LogP) is 2.44. The molecule has 0 unspecified atom stereocenters. The van der Waals surface area contributed by atoms with E-state index in [1.807, 2.05) is 23.6 Å². The Bertz CT molecular complexity index is 462. The Labute approximate surface area is 92.4 Å². The van der Waals surface area contributed by atoms with Gasteiger partial charge in [0, 0.05) is 5.56 Å². The molecule has 2 rings (SSSR count). The monoisotopic (exact) mass is 217 g/mol. The molecule has 0 radical (unpaired) electrons. The molecule has 0 fully saturated rings. The zero-order valence-electron chi connectivity index (χ0n) is 8.14. The summed E-state index contributed by atoms with van der Waals surface area (Å²) in [6, 6.07) is 9.53. The van der Waals surface area contributed by atoms with E-state index in [2.05, 4.69) is 11.4 Å². The van der Waals surface area contributed by atoms with Gasteiger partial charge in [0.1, 0.15) is 0 Å². The van der Waals surface area contributed by atoms with Gasteiger partial charge < -0.3 is 5.73 Å². The van der Waals surface area contributed by atoms with Gasteiger partial charge in [-0.1, -0.05) is 12.1 Å². The topological polar surface area (TPSA) is 43.1 Å². The summed E-state index contributed by atoms with van der Waals surface area (Å²) >= 11 is 1.68. The van der Waals surface area contributed by atoms with Crippen LogP contribution in [0.25, 0.3) is 0 Å². The van der Waals surface area contributed by atoms with Crippen molar-refractivity contribution in [2.45, 2.75) is 6.42 Å². The van der Waals surface area contributed by atoms with Crippen molar-refractivity contribution in [3.8, 4) is 0 Å². The maximum Gasteiger partial charge on any atom is 0.248 e. The van der Waals surface area contributed by atoms with Crippen molar-refractivity contribution in [3.05, 3.63) is 57.8 Å². The van der Waals surface area contributed by atoms with E-state index in [0.29, 0.717) is 5.56 Å². The predicted molar refractivity (Wildman–Crippen MR) is 62.1 cm³/mol. The number of primary amides is 1. The first kappa shape index (κ1) is 9.93. The van der Waals surface area contributed by atoms with E-state index in [1.54, 1.807) is 17.4 Å². The Morgan fingerprint density at radius 1 is 1.27 bits per heavy atom. The van der Waals surface area contributed by atoms with E-state index in [4.69, 9.17) is 5.73 Å². The van der Waals surface area contributed by atoms with Crippen molar-refractivity contribution in [1.82, 2.24) is 0 Å². The molecule has 0 atom stereocenters. The minimum absolute atomic E-state index is 0.373. The molecule has 15 heavy (non-hydrogen) atoms. The van der Waals surface area contributed by atoms with Crippen LogP contribution in [0, 0.1) is 0 Å². The molecule has 2 nitrogen and oxygen atoms in total. The fraction of sp³-hybridized carbons (Fsp3) is 0.0833. The fourth-order valence-electron chi connectivity index (χ4n) is 1.46. The van der Waals surface area contributed by atoms with Crippen LogP contribution in [0.3, 0.4) is 0 Å². The molecule has 1 aromatic carbocycles. The number of carbonyl (C=O) groups excluding carboxylic acids is 1. The van der Waals surface area contributed by atoms with Gasteiger partial charge in [0.05, 0.1) is 0 Å². The third-order valence-corrected chi connectivity index (χ3v) is 2.93. The van der Waals surface area contributed by atoms with Crippen molar-refractivity contribution in [3.63, 3.8) is 0 Å². The van der Waals surface area contributed by atoms with Crippen LogP contribution in [0.1, 0.15) is 21.5 Å². The molecule has 76 valence electrons. The molecule has 0 saturated heterocycles. The maximum atomic E-state index is 11.0. The lowest BCUT2D eigenvalue weighted by Crippen LogP contribution is -2.10. The van der Waals surface area contributed by atoms with E-state index in [1.165, 1.54) is 5.56 Å². The summed E-state index contributed by atoms with van der Waals surface area (Å²) in [6.45, 7) is 0. The lowest BCUT2D eigenvalue weighted by Gasteiger charge is -2.01. The second-order valence-corrected chi connectivity index (χ2v) is 4.15. The van der Waals surface area contributed by atoms with Gasteiger partial charge in [-0.15, -0.1) is 0 Å². The van der Waals surface area contributed by atoms with Crippen molar-refractivity contribution >= 4 is 17.2 Å². The Balaban J connectivity index is 2.22. The average molecular weight is 217 g/mol. The van der Waals surface area contributed by atoms with Crippen LogP contribution in [0.15, 0.2) is 41.1 Å². The summed E-state index contributed by atoms with van der Waals surface area (Å²) in [5.74, 6) is -0.373. The third-order valence-electron chi connectivity index (χ3n) is 2.20. The molecule has 0 spiro atoms. The molecule has 1 amide bonds. The van der Waals surface area contributed by atoms with Crippen LogP contribution in [-0.2, 0) is 6.42 Å². The Hall–Kier alpha value is -1.61. The Kier molecular flexibility index (Phi) is 2.83. The summed E-state index contributed by atoms with van der Waals surface area (Å²) in [5, 5.41) is 4.16. The zero-order valence-corrected chi connectivity index (χ0v) is 8.96. The van der Waals surface area contributed by atoms with Crippen LogP contribution in [0.4, 0.5) is 0 Å². The number of hydrogen-bond acceptors (Lipinski definition) is 2. The molecule has 0 aliphatic rings. The van der Waals surface area contributed by atoms with Gasteiger partial charge in [0.25, 0.3) is 0 Å². The van der Waals surface area contributed by atoms with Crippen LogP contribution in [0.2, 0.25) is 0 Å². The first-order chi connectivity index (χ1) is 7.25. The highest BCUT2D eigenvalue weighted by Gasteiger charge is 2.02. The molecule has 0 aliphatic carbocycles. The van der Waals surface area contributed by atoms with Gasteiger partial charge in [0.2, 0.25) is 5.91 Å². The van der Waals surface area contributed by atoms with Crippen LogP contribution < -0.4 is 5.73 Å². The molecule has 2 N–H and O–H groups in total.